The van der Waals surface area contributed by atoms with Gasteiger partial charge in [0.15, 0.2) is 11.6 Å². The maximum absolute atomic E-state index is 14.4. The van der Waals surface area contributed by atoms with Gasteiger partial charge < -0.3 is 10.1 Å². The first-order chi connectivity index (χ1) is 9.19. The summed E-state index contributed by atoms with van der Waals surface area (Å²) in [6.45, 7) is 2.76. The van der Waals surface area contributed by atoms with Crippen molar-refractivity contribution >= 4 is 27.3 Å². The lowest BCUT2D eigenvalue weighted by Crippen LogP contribution is -2.22. The fourth-order valence-corrected chi connectivity index (χ4v) is 3.66. The van der Waals surface area contributed by atoms with Gasteiger partial charge in [-0.1, -0.05) is 19.1 Å². The third-order valence-electron chi connectivity index (χ3n) is 2.84. The Bertz CT molecular complexity index is 558. The normalized spacial score (nSPS) is 12.4. The molecule has 0 saturated heterocycles. The van der Waals surface area contributed by atoms with E-state index in [1.54, 1.807) is 23.5 Å². The number of methoxy groups -OCH3 is 1. The lowest BCUT2D eigenvalue weighted by atomic mass is 10.0. The third kappa shape index (κ3) is 2.99. The number of ether oxygens (including phenoxy) is 1. The highest BCUT2D eigenvalue weighted by atomic mass is 79.9. The number of thiophene rings is 1. The van der Waals surface area contributed by atoms with Crippen molar-refractivity contribution in [2.24, 2.45) is 0 Å². The zero-order chi connectivity index (χ0) is 13.8. The van der Waals surface area contributed by atoms with Crippen LogP contribution in [0.4, 0.5) is 4.39 Å². The van der Waals surface area contributed by atoms with E-state index in [0.29, 0.717) is 5.56 Å². The molecule has 0 aliphatic carbocycles. The molecule has 2 nitrogen and oxygen atoms in total. The van der Waals surface area contributed by atoms with Crippen molar-refractivity contribution < 1.29 is 9.13 Å². The van der Waals surface area contributed by atoms with E-state index < -0.39 is 0 Å². The van der Waals surface area contributed by atoms with Gasteiger partial charge in [0, 0.05) is 14.9 Å². The zero-order valence-corrected chi connectivity index (χ0v) is 13.1. The van der Waals surface area contributed by atoms with Gasteiger partial charge in [-0.25, -0.2) is 4.39 Å². The summed E-state index contributed by atoms with van der Waals surface area (Å²) < 4.78 is 20.4. The number of rotatable bonds is 5. The van der Waals surface area contributed by atoms with E-state index in [-0.39, 0.29) is 17.6 Å². The van der Waals surface area contributed by atoms with E-state index in [1.165, 1.54) is 7.11 Å². The Labute approximate surface area is 124 Å². The molecular weight excluding hydrogens is 329 g/mol. The van der Waals surface area contributed by atoms with Crippen LogP contribution >= 0.6 is 27.3 Å². The Kier molecular flexibility index (Phi) is 4.96. The number of halogens is 2. The van der Waals surface area contributed by atoms with Crippen molar-refractivity contribution in [3.05, 3.63) is 50.4 Å². The first kappa shape index (κ1) is 14.5. The largest absolute Gasteiger partial charge is 0.494 e. The molecule has 0 bridgehead atoms. The molecule has 19 heavy (non-hydrogen) atoms. The first-order valence-electron chi connectivity index (χ1n) is 5.97. The minimum atomic E-state index is -0.309. The van der Waals surface area contributed by atoms with Crippen LogP contribution in [0, 0.1) is 5.82 Å². The molecule has 2 rings (SSSR count). The summed E-state index contributed by atoms with van der Waals surface area (Å²) in [7, 11) is 1.48. The van der Waals surface area contributed by atoms with Crippen LogP contribution in [-0.4, -0.2) is 13.7 Å². The minimum Gasteiger partial charge on any atom is -0.494 e. The van der Waals surface area contributed by atoms with Crippen LogP contribution in [0.3, 0.4) is 0 Å². The second kappa shape index (κ2) is 6.50. The summed E-state index contributed by atoms with van der Waals surface area (Å²) >= 11 is 5.11. The van der Waals surface area contributed by atoms with Crippen LogP contribution in [0.5, 0.6) is 5.75 Å². The second-order valence-electron chi connectivity index (χ2n) is 3.99. The lowest BCUT2D eigenvalue weighted by Gasteiger charge is -2.19. The fourth-order valence-electron chi connectivity index (χ4n) is 1.97. The van der Waals surface area contributed by atoms with Crippen molar-refractivity contribution in [3.8, 4) is 5.75 Å². The molecule has 5 heteroatoms. The van der Waals surface area contributed by atoms with Crippen LogP contribution in [0.1, 0.15) is 23.4 Å². The Hall–Kier alpha value is -0.910. The molecule has 0 amide bonds. The first-order valence-corrected chi connectivity index (χ1v) is 7.65. The number of benzene rings is 1. The van der Waals surface area contributed by atoms with Gasteiger partial charge in [-0.05, 0) is 40.0 Å². The summed E-state index contributed by atoms with van der Waals surface area (Å²) in [6, 6.07) is 7.03. The van der Waals surface area contributed by atoms with Gasteiger partial charge in [0.2, 0.25) is 0 Å². The van der Waals surface area contributed by atoms with Crippen LogP contribution < -0.4 is 10.1 Å². The quantitative estimate of drug-likeness (QED) is 0.870. The summed E-state index contributed by atoms with van der Waals surface area (Å²) in [5.74, 6) is -0.0377. The number of hydrogen-bond donors (Lipinski definition) is 1. The molecule has 1 aromatic heterocycles. The van der Waals surface area contributed by atoms with E-state index in [4.69, 9.17) is 4.74 Å². The van der Waals surface area contributed by atoms with Gasteiger partial charge in [0.25, 0.3) is 0 Å². The molecule has 1 N–H and O–H groups in total. The fraction of sp³-hybridized carbons (Fsp3) is 0.286. The molecular formula is C14H15BrFNOS. The van der Waals surface area contributed by atoms with Gasteiger partial charge in [-0.15, -0.1) is 11.3 Å². The molecule has 1 atom stereocenters. The molecule has 0 fully saturated rings. The maximum Gasteiger partial charge on any atom is 0.170 e. The standard InChI is InChI=1S/C14H15BrFNOS/c1-3-17-13(14-10(15)7-8-19-14)9-5-4-6-11(18-2)12(9)16/h4-8,13,17H,3H2,1-2H3. The van der Waals surface area contributed by atoms with Crippen LogP contribution in [0.25, 0.3) is 0 Å². The van der Waals surface area contributed by atoms with Crippen LogP contribution in [0.2, 0.25) is 0 Å². The molecule has 2 aromatic rings. The molecule has 1 heterocycles. The summed E-state index contributed by atoms with van der Waals surface area (Å²) in [6.07, 6.45) is 0. The van der Waals surface area contributed by atoms with Crippen LogP contribution in [0.15, 0.2) is 34.1 Å². The smallest absolute Gasteiger partial charge is 0.170 e. The lowest BCUT2D eigenvalue weighted by molar-refractivity contribution is 0.382. The average Bonchev–Trinajstić information content (AvgIpc) is 2.83. The Balaban J connectivity index is 2.48. The zero-order valence-electron chi connectivity index (χ0n) is 10.7. The highest BCUT2D eigenvalue weighted by molar-refractivity contribution is 9.10. The van der Waals surface area contributed by atoms with E-state index >= 15 is 0 Å². The van der Waals surface area contributed by atoms with Gasteiger partial charge >= 0.3 is 0 Å². The van der Waals surface area contributed by atoms with Gasteiger partial charge in [0.1, 0.15) is 0 Å². The number of hydrogen-bond acceptors (Lipinski definition) is 3. The maximum atomic E-state index is 14.4. The van der Waals surface area contributed by atoms with E-state index in [0.717, 1.165) is 15.9 Å². The Morgan fingerprint density at radius 1 is 1.42 bits per heavy atom. The SMILES string of the molecule is CCNC(c1cccc(OC)c1F)c1sccc1Br. The van der Waals surface area contributed by atoms with Crippen molar-refractivity contribution in [1.29, 1.82) is 0 Å². The third-order valence-corrected chi connectivity index (χ3v) is 4.77. The molecule has 0 spiro atoms. The van der Waals surface area contributed by atoms with E-state index in [9.17, 15) is 4.39 Å². The summed E-state index contributed by atoms with van der Waals surface area (Å²) in [4.78, 5) is 1.06. The molecule has 0 radical (unpaired) electrons. The molecule has 0 aliphatic heterocycles. The van der Waals surface area contributed by atoms with Crippen molar-refractivity contribution in [1.82, 2.24) is 5.32 Å². The predicted molar refractivity (Wildman–Crippen MR) is 80.5 cm³/mol. The summed E-state index contributed by atoms with van der Waals surface area (Å²) in [5, 5.41) is 5.31. The second-order valence-corrected chi connectivity index (χ2v) is 5.79. The number of nitrogens with one attached hydrogen (secondary N) is 1. The molecule has 1 aromatic carbocycles. The highest BCUT2D eigenvalue weighted by Gasteiger charge is 2.22. The molecule has 102 valence electrons. The van der Waals surface area contributed by atoms with Crippen molar-refractivity contribution in [2.75, 3.05) is 13.7 Å². The topological polar surface area (TPSA) is 21.3 Å². The van der Waals surface area contributed by atoms with Gasteiger partial charge in [-0.2, -0.15) is 0 Å². The minimum absolute atomic E-state index is 0.172. The van der Waals surface area contributed by atoms with Crippen molar-refractivity contribution in [3.63, 3.8) is 0 Å². The molecule has 1 unspecified atom stereocenters. The highest BCUT2D eigenvalue weighted by Crippen LogP contribution is 2.35. The van der Waals surface area contributed by atoms with Gasteiger partial charge in [0.05, 0.1) is 13.2 Å². The van der Waals surface area contributed by atoms with Crippen molar-refractivity contribution in [2.45, 2.75) is 13.0 Å². The Morgan fingerprint density at radius 3 is 2.79 bits per heavy atom. The monoisotopic (exact) mass is 343 g/mol. The Morgan fingerprint density at radius 2 is 2.21 bits per heavy atom. The summed E-state index contributed by atoms with van der Waals surface area (Å²) in [5.41, 5.74) is 0.601. The predicted octanol–water partition coefficient (Wildman–Crippen LogP) is 4.36. The van der Waals surface area contributed by atoms with E-state index in [1.807, 2.05) is 24.4 Å². The van der Waals surface area contributed by atoms with Gasteiger partial charge in [-0.3, -0.25) is 0 Å². The van der Waals surface area contributed by atoms with E-state index in [2.05, 4.69) is 21.2 Å². The molecule has 0 saturated carbocycles. The molecule has 0 aliphatic rings. The van der Waals surface area contributed by atoms with Crippen LogP contribution in [-0.2, 0) is 0 Å². The average molecular weight is 344 g/mol.